The van der Waals surface area contributed by atoms with Gasteiger partial charge in [-0.3, -0.25) is 9.59 Å². The first-order valence-electron chi connectivity index (χ1n) is 10.0. The number of carbonyl (C=O) groups excluding carboxylic acids is 2. The van der Waals surface area contributed by atoms with Crippen LogP contribution in [0.3, 0.4) is 0 Å². The molecule has 1 atom stereocenters. The number of piperidine rings is 1. The zero-order valence-electron chi connectivity index (χ0n) is 16.8. The van der Waals surface area contributed by atoms with Gasteiger partial charge in [-0.15, -0.1) is 0 Å². The van der Waals surface area contributed by atoms with E-state index in [9.17, 15) is 14.7 Å². The Morgan fingerprint density at radius 2 is 1.90 bits per heavy atom. The van der Waals surface area contributed by atoms with Crippen LogP contribution in [0, 0.1) is 11.8 Å². The number of pyridine rings is 1. The average Bonchev–Trinajstić information content (AvgIpc) is 2.79. The number of benzene rings is 2. The van der Waals surface area contributed by atoms with E-state index in [1.54, 1.807) is 47.5 Å². The largest absolute Gasteiger partial charge is 0.393 e. The molecule has 1 saturated heterocycles. The Hall–Kier alpha value is -3.95. The molecule has 2 aromatic carbocycles. The van der Waals surface area contributed by atoms with E-state index in [4.69, 9.17) is 0 Å². The van der Waals surface area contributed by atoms with E-state index in [0.717, 1.165) is 11.3 Å². The Kier molecular flexibility index (Phi) is 6.06. The third-order valence-electron chi connectivity index (χ3n) is 4.96. The minimum Gasteiger partial charge on any atom is -0.393 e. The van der Waals surface area contributed by atoms with Gasteiger partial charge in [0.25, 0.3) is 5.91 Å². The van der Waals surface area contributed by atoms with E-state index in [-0.39, 0.29) is 18.2 Å². The van der Waals surface area contributed by atoms with Crippen LogP contribution in [0.25, 0.3) is 0 Å². The minimum absolute atomic E-state index is 0.112. The molecule has 2 N–H and O–H groups in total. The van der Waals surface area contributed by atoms with Crippen molar-refractivity contribution in [2.24, 2.45) is 0 Å². The van der Waals surface area contributed by atoms with Crippen LogP contribution in [0.15, 0.2) is 72.9 Å². The molecule has 0 radical (unpaired) electrons. The molecule has 154 valence electrons. The molecule has 0 spiro atoms. The first-order valence-corrected chi connectivity index (χ1v) is 10.0. The molecule has 0 bridgehead atoms. The first-order chi connectivity index (χ1) is 15.1. The molecule has 1 unspecified atom stereocenters. The van der Waals surface area contributed by atoms with Crippen LogP contribution in [0.5, 0.6) is 0 Å². The molecule has 3 aromatic rings. The van der Waals surface area contributed by atoms with Crippen molar-refractivity contribution < 1.29 is 14.7 Å². The smallest absolute Gasteiger partial charge is 0.255 e. The Morgan fingerprint density at radius 3 is 2.65 bits per heavy atom. The average molecular weight is 411 g/mol. The fourth-order valence-corrected chi connectivity index (χ4v) is 3.33. The summed E-state index contributed by atoms with van der Waals surface area (Å²) >= 11 is 0. The fourth-order valence-electron chi connectivity index (χ4n) is 3.33. The highest BCUT2D eigenvalue weighted by Gasteiger charge is 2.25. The lowest BCUT2D eigenvalue weighted by Gasteiger charge is -2.29. The highest BCUT2D eigenvalue weighted by Crippen LogP contribution is 2.22. The summed E-state index contributed by atoms with van der Waals surface area (Å²) in [5.74, 6) is 5.68. The molecule has 2 heterocycles. The minimum atomic E-state index is -0.571. The molecule has 0 saturated carbocycles. The summed E-state index contributed by atoms with van der Waals surface area (Å²) in [4.78, 5) is 30.6. The van der Waals surface area contributed by atoms with Gasteiger partial charge in [0.1, 0.15) is 5.69 Å². The molecule has 1 aliphatic heterocycles. The van der Waals surface area contributed by atoms with Crippen molar-refractivity contribution >= 4 is 23.2 Å². The summed E-state index contributed by atoms with van der Waals surface area (Å²) in [6.07, 6.45) is 1.80. The lowest BCUT2D eigenvalue weighted by atomic mass is 10.1. The molecule has 0 aliphatic carbocycles. The Bertz CT molecular complexity index is 1150. The van der Waals surface area contributed by atoms with E-state index in [0.29, 0.717) is 29.9 Å². The third-order valence-corrected chi connectivity index (χ3v) is 4.96. The zero-order valence-corrected chi connectivity index (χ0v) is 16.8. The third kappa shape index (κ3) is 5.16. The second kappa shape index (κ2) is 9.24. The topological polar surface area (TPSA) is 82.5 Å². The fraction of sp³-hybridized carbons (Fsp3) is 0.160. The van der Waals surface area contributed by atoms with E-state index in [1.807, 2.05) is 30.3 Å². The molecule has 1 fully saturated rings. The predicted molar refractivity (Wildman–Crippen MR) is 119 cm³/mol. The number of aromatic nitrogens is 1. The summed E-state index contributed by atoms with van der Waals surface area (Å²) in [6.45, 7) is 0.470. The normalized spacial score (nSPS) is 15.7. The molecular formula is C25H21N3O3. The maximum atomic E-state index is 12.6. The van der Waals surface area contributed by atoms with Crippen LogP contribution in [0.2, 0.25) is 0 Å². The number of aliphatic hydroxyl groups excluding tert-OH is 1. The maximum absolute atomic E-state index is 12.6. The first kappa shape index (κ1) is 20.3. The monoisotopic (exact) mass is 411 g/mol. The van der Waals surface area contributed by atoms with Crippen LogP contribution >= 0.6 is 0 Å². The van der Waals surface area contributed by atoms with E-state index >= 15 is 0 Å². The standard InChI is InChI=1S/C25H21N3O3/c29-23-13-15-28(24(30)17-23)22-11-8-19(9-12-22)25(31)27-21-6-3-4-18(16-21)7-10-20-5-1-2-14-26-20/h1-6,8-9,11-12,14,16,23,29H,13,15,17H2,(H,27,31). The Labute approximate surface area is 180 Å². The van der Waals surface area contributed by atoms with Gasteiger partial charge in [-0.05, 0) is 66.9 Å². The number of rotatable bonds is 3. The SMILES string of the molecule is O=C(Nc1cccc(C#Cc2ccccn2)c1)c1ccc(N2CCC(O)CC2=O)cc1. The summed E-state index contributed by atoms with van der Waals surface area (Å²) in [6, 6.07) is 19.7. The van der Waals surface area contributed by atoms with E-state index < -0.39 is 6.10 Å². The Balaban J connectivity index is 1.43. The number of nitrogens with one attached hydrogen (secondary N) is 1. The van der Waals surface area contributed by atoms with Crippen molar-refractivity contribution in [2.45, 2.75) is 18.9 Å². The van der Waals surface area contributed by atoms with Crippen LogP contribution in [0.4, 0.5) is 11.4 Å². The van der Waals surface area contributed by atoms with Crippen molar-refractivity contribution in [1.29, 1.82) is 0 Å². The van der Waals surface area contributed by atoms with Crippen LogP contribution in [-0.2, 0) is 4.79 Å². The number of aliphatic hydroxyl groups is 1. The van der Waals surface area contributed by atoms with Gasteiger partial charge >= 0.3 is 0 Å². The molecular weight excluding hydrogens is 390 g/mol. The molecule has 31 heavy (non-hydrogen) atoms. The summed E-state index contributed by atoms with van der Waals surface area (Å²) in [5.41, 5.74) is 3.30. The predicted octanol–water partition coefficient (Wildman–Crippen LogP) is 3.22. The lowest BCUT2D eigenvalue weighted by molar-refractivity contribution is -0.122. The number of nitrogens with zero attached hydrogens (tertiary/aromatic N) is 2. The van der Waals surface area contributed by atoms with Gasteiger partial charge < -0.3 is 15.3 Å². The molecule has 1 aliphatic rings. The molecule has 6 heteroatoms. The quantitative estimate of drug-likeness (QED) is 0.649. The van der Waals surface area contributed by atoms with Crippen LogP contribution in [0.1, 0.15) is 34.5 Å². The number of amides is 2. The number of hydrogen-bond donors (Lipinski definition) is 2. The molecule has 1 aromatic heterocycles. The molecule has 6 nitrogen and oxygen atoms in total. The van der Waals surface area contributed by atoms with Crippen LogP contribution < -0.4 is 10.2 Å². The van der Waals surface area contributed by atoms with Gasteiger partial charge in [-0.2, -0.15) is 0 Å². The van der Waals surface area contributed by atoms with Gasteiger partial charge in [0.05, 0.1) is 12.5 Å². The van der Waals surface area contributed by atoms with Crippen molar-refractivity contribution in [3.8, 4) is 11.8 Å². The highest BCUT2D eigenvalue weighted by atomic mass is 16.3. The lowest BCUT2D eigenvalue weighted by Crippen LogP contribution is -2.40. The van der Waals surface area contributed by atoms with Gasteiger partial charge in [-0.25, -0.2) is 4.98 Å². The number of anilines is 2. The van der Waals surface area contributed by atoms with Crippen molar-refractivity contribution in [1.82, 2.24) is 4.98 Å². The van der Waals surface area contributed by atoms with E-state index in [2.05, 4.69) is 22.1 Å². The van der Waals surface area contributed by atoms with Gasteiger partial charge in [-0.1, -0.05) is 18.1 Å². The maximum Gasteiger partial charge on any atom is 0.255 e. The summed E-state index contributed by atoms with van der Waals surface area (Å²) in [7, 11) is 0. The van der Waals surface area contributed by atoms with Crippen molar-refractivity contribution in [3.05, 3.63) is 89.7 Å². The second-order valence-corrected chi connectivity index (χ2v) is 7.24. The second-order valence-electron chi connectivity index (χ2n) is 7.24. The molecule has 2 amide bonds. The van der Waals surface area contributed by atoms with Gasteiger partial charge in [0.15, 0.2) is 0 Å². The highest BCUT2D eigenvalue weighted by molar-refractivity contribution is 6.05. The molecule has 4 rings (SSSR count). The van der Waals surface area contributed by atoms with E-state index in [1.165, 1.54) is 0 Å². The zero-order chi connectivity index (χ0) is 21.6. The summed E-state index contributed by atoms with van der Waals surface area (Å²) < 4.78 is 0. The Morgan fingerprint density at radius 1 is 1.06 bits per heavy atom. The van der Waals surface area contributed by atoms with Crippen molar-refractivity contribution in [3.63, 3.8) is 0 Å². The van der Waals surface area contributed by atoms with Crippen molar-refractivity contribution in [2.75, 3.05) is 16.8 Å². The van der Waals surface area contributed by atoms with Gasteiger partial charge in [0, 0.05) is 35.2 Å². The van der Waals surface area contributed by atoms with Gasteiger partial charge in [0.2, 0.25) is 5.91 Å². The number of hydrogen-bond acceptors (Lipinski definition) is 4. The van der Waals surface area contributed by atoms with Crippen LogP contribution in [-0.4, -0.2) is 34.6 Å². The number of carbonyl (C=O) groups is 2. The summed E-state index contributed by atoms with van der Waals surface area (Å²) in [5, 5.41) is 12.5.